The maximum absolute atomic E-state index is 13.0. The van der Waals surface area contributed by atoms with Crippen LogP contribution in [0.3, 0.4) is 0 Å². The number of carbonyl (C=O) groups excluding carboxylic acids is 2. The SMILES string of the molecule is O=C1C[C@H](N2CCc3c([nH]c4ccccc34)C2)C(=O)N1Cc1ccccc1. The van der Waals surface area contributed by atoms with Crippen molar-refractivity contribution in [2.24, 2.45) is 0 Å². The zero-order chi connectivity index (χ0) is 18.4. The fourth-order valence-electron chi connectivity index (χ4n) is 4.36. The minimum Gasteiger partial charge on any atom is -0.357 e. The van der Waals surface area contributed by atoms with Crippen molar-refractivity contribution in [1.29, 1.82) is 0 Å². The normalized spacial score (nSPS) is 20.4. The van der Waals surface area contributed by atoms with Gasteiger partial charge in [0, 0.05) is 29.7 Å². The zero-order valence-electron chi connectivity index (χ0n) is 15.0. The van der Waals surface area contributed by atoms with Crippen LogP contribution in [0.15, 0.2) is 54.6 Å². The highest BCUT2D eigenvalue weighted by molar-refractivity contribution is 6.05. The number of amides is 2. The molecule has 2 aliphatic heterocycles. The maximum atomic E-state index is 13.0. The lowest BCUT2D eigenvalue weighted by molar-refractivity contribution is -0.140. The Morgan fingerprint density at radius 2 is 1.78 bits per heavy atom. The fraction of sp³-hybridized carbons (Fsp3) is 0.273. The first kappa shape index (κ1) is 16.3. The van der Waals surface area contributed by atoms with Crippen molar-refractivity contribution in [3.05, 3.63) is 71.4 Å². The van der Waals surface area contributed by atoms with Crippen LogP contribution in [0, 0.1) is 0 Å². The Morgan fingerprint density at radius 3 is 2.63 bits per heavy atom. The van der Waals surface area contributed by atoms with E-state index in [1.54, 1.807) is 0 Å². The summed E-state index contributed by atoms with van der Waals surface area (Å²) in [5, 5.41) is 1.27. The van der Waals surface area contributed by atoms with Gasteiger partial charge in [-0.15, -0.1) is 0 Å². The number of likely N-dealkylation sites (tertiary alicyclic amines) is 1. The lowest BCUT2D eigenvalue weighted by Crippen LogP contribution is -2.44. The Labute approximate surface area is 157 Å². The topological polar surface area (TPSA) is 56.4 Å². The largest absolute Gasteiger partial charge is 0.357 e. The van der Waals surface area contributed by atoms with Crippen LogP contribution in [-0.2, 0) is 29.1 Å². The number of imide groups is 1. The van der Waals surface area contributed by atoms with Crippen LogP contribution < -0.4 is 0 Å². The number of nitrogens with one attached hydrogen (secondary N) is 1. The molecule has 1 saturated heterocycles. The number of aromatic nitrogens is 1. The van der Waals surface area contributed by atoms with Gasteiger partial charge in [-0.25, -0.2) is 0 Å². The first-order valence-corrected chi connectivity index (χ1v) is 9.41. The summed E-state index contributed by atoms with van der Waals surface area (Å²) >= 11 is 0. The van der Waals surface area contributed by atoms with Gasteiger partial charge in [0.1, 0.15) is 0 Å². The molecule has 0 radical (unpaired) electrons. The molecule has 5 nitrogen and oxygen atoms in total. The highest BCUT2D eigenvalue weighted by Gasteiger charge is 2.42. The van der Waals surface area contributed by atoms with Crippen molar-refractivity contribution in [1.82, 2.24) is 14.8 Å². The van der Waals surface area contributed by atoms with Gasteiger partial charge in [-0.05, 0) is 23.6 Å². The number of carbonyl (C=O) groups is 2. The number of benzene rings is 2. The Morgan fingerprint density at radius 1 is 1.00 bits per heavy atom. The predicted molar refractivity (Wildman–Crippen MR) is 103 cm³/mol. The molecule has 0 aliphatic carbocycles. The highest BCUT2D eigenvalue weighted by Crippen LogP contribution is 2.30. The summed E-state index contributed by atoms with van der Waals surface area (Å²) in [6, 6.07) is 17.7. The van der Waals surface area contributed by atoms with E-state index in [1.807, 2.05) is 36.4 Å². The van der Waals surface area contributed by atoms with Gasteiger partial charge in [0.2, 0.25) is 11.8 Å². The third kappa shape index (κ3) is 2.75. The third-order valence-electron chi connectivity index (χ3n) is 5.76. The lowest BCUT2D eigenvalue weighted by Gasteiger charge is -2.30. The van der Waals surface area contributed by atoms with Gasteiger partial charge in [-0.3, -0.25) is 19.4 Å². The average molecular weight is 359 g/mol. The number of aromatic amines is 1. The molecule has 27 heavy (non-hydrogen) atoms. The van der Waals surface area contributed by atoms with Gasteiger partial charge in [0.25, 0.3) is 0 Å². The molecule has 2 amide bonds. The second-order valence-corrected chi connectivity index (χ2v) is 7.37. The van der Waals surface area contributed by atoms with Gasteiger partial charge in [0.15, 0.2) is 0 Å². The van der Waals surface area contributed by atoms with Crippen LogP contribution in [0.4, 0.5) is 0 Å². The molecule has 1 N–H and O–H groups in total. The quantitative estimate of drug-likeness (QED) is 0.732. The summed E-state index contributed by atoms with van der Waals surface area (Å²) in [4.78, 5) is 32.5. The van der Waals surface area contributed by atoms with Crippen molar-refractivity contribution in [3.63, 3.8) is 0 Å². The minimum atomic E-state index is -0.347. The molecule has 5 heteroatoms. The molecule has 0 unspecified atom stereocenters. The van der Waals surface area contributed by atoms with Gasteiger partial charge < -0.3 is 4.98 Å². The van der Waals surface area contributed by atoms with Crippen molar-refractivity contribution >= 4 is 22.7 Å². The fourth-order valence-corrected chi connectivity index (χ4v) is 4.36. The molecule has 2 aliphatic rings. The zero-order valence-corrected chi connectivity index (χ0v) is 15.0. The third-order valence-corrected chi connectivity index (χ3v) is 5.76. The molecule has 0 bridgehead atoms. The monoisotopic (exact) mass is 359 g/mol. The van der Waals surface area contributed by atoms with Crippen molar-refractivity contribution in [2.75, 3.05) is 6.54 Å². The van der Waals surface area contributed by atoms with Crippen LogP contribution in [0.5, 0.6) is 0 Å². The molecule has 136 valence electrons. The predicted octanol–water partition coefficient (Wildman–Crippen LogP) is 2.85. The van der Waals surface area contributed by atoms with Crippen molar-refractivity contribution in [2.45, 2.75) is 32.0 Å². The number of H-pyrrole nitrogens is 1. The molecule has 0 saturated carbocycles. The smallest absolute Gasteiger partial charge is 0.247 e. The van der Waals surface area contributed by atoms with E-state index in [-0.39, 0.29) is 24.3 Å². The van der Waals surface area contributed by atoms with E-state index < -0.39 is 0 Å². The Hall–Kier alpha value is -2.92. The van der Waals surface area contributed by atoms with Gasteiger partial charge in [-0.2, -0.15) is 0 Å². The van der Waals surface area contributed by atoms with Crippen LogP contribution in [0.25, 0.3) is 10.9 Å². The number of rotatable bonds is 3. The first-order valence-electron chi connectivity index (χ1n) is 9.41. The number of hydrogen-bond donors (Lipinski definition) is 1. The second-order valence-electron chi connectivity index (χ2n) is 7.37. The molecular formula is C22H21N3O2. The Kier molecular flexibility index (Phi) is 3.83. The Balaban J connectivity index is 1.36. The van der Waals surface area contributed by atoms with Crippen molar-refractivity contribution in [3.8, 4) is 0 Å². The van der Waals surface area contributed by atoms with E-state index in [9.17, 15) is 9.59 Å². The molecular weight excluding hydrogens is 338 g/mol. The molecule has 3 heterocycles. The summed E-state index contributed by atoms with van der Waals surface area (Å²) in [5.74, 6) is -0.139. The Bertz CT molecular complexity index is 1020. The van der Waals surface area contributed by atoms with E-state index in [1.165, 1.54) is 21.5 Å². The molecule has 1 aromatic heterocycles. The summed E-state index contributed by atoms with van der Waals surface area (Å²) in [6.07, 6.45) is 1.18. The van der Waals surface area contributed by atoms with Crippen LogP contribution in [0.2, 0.25) is 0 Å². The van der Waals surface area contributed by atoms with Crippen molar-refractivity contribution < 1.29 is 9.59 Å². The summed E-state index contributed by atoms with van der Waals surface area (Å²) in [7, 11) is 0. The summed E-state index contributed by atoms with van der Waals surface area (Å²) < 4.78 is 0. The minimum absolute atomic E-state index is 0.0663. The summed E-state index contributed by atoms with van der Waals surface area (Å²) in [6.45, 7) is 1.85. The molecule has 1 atom stereocenters. The molecule has 0 spiro atoms. The number of para-hydroxylation sites is 1. The van der Waals surface area contributed by atoms with E-state index in [2.05, 4.69) is 28.1 Å². The van der Waals surface area contributed by atoms with E-state index >= 15 is 0 Å². The average Bonchev–Trinajstić information content (AvgIpc) is 3.20. The maximum Gasteiger partial charge on any atom is 0.247 e. The number of hydrogen-bond acceptors (Lipinski definition) is 3. The molecule has 3 aromatic rings. The number of fused-ring (bicyclic) bond motifs is 3. The van der Waals surface area contributed by atoms with E-state index in [0.29, 0.717) is 13.1 Å². The summed E-state index contributed by atoms with van der Waals surface area (Å²) in [5.41, 5.74) is 4.64. The van der Waals surface area contributed by atoms with Gasteiger partial charge >= 0.3 is 0 Å². The lowest BCUT2D eigenvalue weighted by atomic mass is 10.0. The molecule has 5 rings (SSSR count). The standard InChI is InChI=1S/C22H21N3O2/c26-21-12-20(22(27)25(21)13-15-6-2-1-3-7-15)24-11-10-17-16-8-4-5-9-18(16)23-19(17)14-24/h1-9,20,23H,10-14H2/t20-/m0/s1. The van der Waals surface area contributed by atoms with Gasteiger partial charge in [-0.1, -0.05) is 48.5 Å². The second kappa shape index (κ2) is 6.35. The number of nitrogens with zero attached hydrogens (tertiary/aromatic N) is 2. The first-order chi connectivity index (χ1) is 13.2. The van der Waals surface area contributed by atoms with Crippen LogP contribution in [0.1, 0.15) is 23.2 Å². The molecule has 1 fully saturated rings. The van der Waals surface area contributed by atoms with Crippen LogP contribution in [-0.4, -0.2) is 39.2 Å². The molecule has 2 aromatic carbocycles. The van der Waals surface area contributed by atoms with Gasteiger partial charge in [0.05, 0.1) is 19.0 Å². The van der Waals surface area contributed by atoms with E-state index in [0.717, 1.165) is 24.0 Å². The van der Waals surface area contributed by atoms with E-state index in [4.69, 9.17) is 0 Å². The highest BCUT2D eigenvalue weighted by atomic mass is 16.2. The van der Waals surface area contributed by atoms with Crippen LogP contribution >= 0.6 is 0 Å².